The van der Waals surface area contributed by atoms with Crippen molar-refractivity contribution < 1.29 is 29.0 Å². The van der Waals surface area contributed by atoms with E-state index in [1.165, 1.54) is 31.4 Å². The normalized spacial score (nSPS) is 11.4. The standard InChI is InChI=1S/C20H23N3O6/c1-28-10-11-29-20(27)23-16-6-2-13(3-7-16)12-17(21)18(24)22-15-8-4-14(5-9-15)19(25)26/h2-9,17H,10-12,21H2,1H3,(H,22,24)(H,23,27)(H,25,26)/t17-/m0/s1. The Morgan fingerprint density at radius 2 is 1.55 bits per heavy atom. The molecule has 154 valence electrons. The smallest absolute Gasteiger partial charge is 0.411 e. The minimum absolute atomic E-state index is 0.128. The van der Waals surface area contributed by atoms with Crippen LogP contribution in [0.3, 0.4) is 0 Å². The highest BCUT2D eigenvalue weighted by atomic mass is 16.6. The number of ether oxygens (including phenoxy) is 2. The number of carbonyl (C=O) groups is 3. The van der Waals surface area contributed by atoms with E-state index in [1.54, 1.807) is 24.3 Å². The van der Waals surface area contributed by atoms with E-state index in [0.29, 0.717) is 18.0 Å². The lowest BCUT2D eigenvalue weighted by atomic mass is 10.1. The Morgan fingerprint density at radius 1 is 0.966 bits per heavy atom. The maximum Gasteiger partial charge on any atom is 0.411 e. The zero-order valence-electron chi connectivity index (χ0n) is 15.9. The van der Waals surface area contributed by atoms with E-state index in [0.717, 1.165) is 5.56 Å². The number of carboxylic acids is 1. The Labute approximate surface area is 167 Å². The van der Waals surface area contributed by atoms with Gasteiger partial charge in [-0.05, 0) is 48.4 Å². The van der Waals surface area contributed by atoms with Gasteiger partial charge in [0.05, 0.1) is 18.2 Å². The van der Waals surface area contributed by atoms with Crippen LogP contribution in [-0.2, 0) is 20.7 Å². The molecule has 0 aromatic heterocycles. The van der Waals surface area contributed by atoms with Crippen molar-refractivity contribution in [3.05, 3.63) is 59.7 Å². The third-order valence-electron chi connectivity index (χ3n) is 3.91. The molecule has 0 aliphatic rings. The van der Waals surface area contributed by atoms with E-state index in [4.69, 9.17) is 20.3 Å². The van der Waals surface area contributed by atoms with E-state index < -0.39 is 24.0 Å². The second kappa shape index (κ2) is 10.8. The lowest BCUT2D eigenvalue weighted by Crippen LogP contribution is -2.37. The number of rotatable bonds is 9. The van der Waals surface area contributed by atoms with Gasteiger partial charge in [0.25, 0.3) is 0 Å². The van der Waals surface area contributed by atoms with Gasteiger partial charge in [-0.2, -0.15) is 0 Å². The maximum absolute atomic E-state index is 12.2. The molecule has 0 unspecified atom stereocenters. The lowest BCUT2D eigenvalue weighted by molar-refractivity contribution is -0.117. The van der Waals surface area contributed by atoms with Crippen LogP contribution in [0, 0.1) is 0 Å². The maximum atomic E-state index is 12.2. The largest absolute Gasteiger partial charge is 0.478 e. The summed E-state index contributed by atoms with van der Waals surface area (Å²) < 4.78 is 9.70. The number of carboxylic acid groups (broad SMARTS) is 1. The number of nitrogens with one attached hydrogen (secondary N) is 2. The van der Waals surface area contributed by atoms with Crippen molar-refractivity contribution in [3.8, 4) is 0 Å². The molecule has 2 amide bonds. The highest BCUT2D eigenvalue weighted by Gasteiger charge is 2.15. The van der Waals surface area contributed by atoms with Crippen molar-refractivity contribution in [2.75, 3.05) is 31.0 Å². The summed E-state index contributed by atoms with van der Waals surface area (Å²) in [6.45, 7) is 0.472. The van der Waals surface area contributed by atoms with Crippen LogP contribution in [-0.4, -0.2) is 49.4 Å². The van der Waals surface area contributed by atoms with Gasteiger partial charge in [0.15, 0.2) is 0 Å². The SMILES string of the molecule is COCCOC(=O)Nc1ccc(C[C@H](N)C(=O)Nc2ccc(C(=O)O)cc2)cc1. The number of anilines is 2. The first-order valence-corrected chi connectivity index (χ1v) is 8.80. The molecule has 0 saturated heterocycles. The Kier molecular flexibility index (Phi) is 8.13. The summed E-state index contributed by atoms with van der Waals surface area (Å²) >= 11 is 0. The van der Waals surface area contributed by atoms with Crippen LogP contribution in [0.2, 0.25) is 0 Å². The summed E-state index contributed by atoms with van der Waals surface area (Å²) in [5.41, 5.74) is 7.90. The second-order valence-corrected chi connectivity index (χ2v) is 6.13. The number of methoxy groups -OCH3 is 1. The molecular formula is C20H23N3O6. The molecule has 0 spiro atoms. The molecule has 0 saturated carbocycles. The Balaban J connectivity index is 1.84. The number of hydrogen-bond acceptors (Lipinski definition) is 6. The van der Waals surface area contributed by atoms with Crippen molar-refractivity contribution >= 4 is 29.3 Å². The average molecular weight is 401 g/mol. The minimum atomic E-state index is -1.04. The first-order chi connectivity index (χ1) is 13.9. The molecule has 2 rings (SSSR count). The van der Waals surface area contributed by atoms with E-state index in [9.17, 15) is 14.4 Å². The van der Waals surface area contributed by atoms with Crippen LogP contribution >= 0.6 is 0 Å². The van der Waals surface area contributed by atoms with E-state index >= 15 is 0 Å². The third-order valence-corrected chi connectivity index (χ3v) is 3.91. The van der Waals surface area contributed by atoms with Crippen LogP contribution in [0.15, 0.2) is 48.5 Å². The van der Waals surface area contributed by atoms with E-state index in [-0.39, 0.29) is 18.6 Å². The summed E-state index contributed by atoms with van der Waals surface area (Å²) in [4.78, 5) is 34.7. The van der Waals surface area contributed by atoms with Crippen LogP contribution in [0.1, 0.15) is 15.9 Å². The van der Waals surface area contributed by atoms with Gasteiger partial charge < -0.3 is 25.6 Å². The fourth-order valence-electron chi connectivity index (χ4n) is 2.37. The molecular weight excluding hydrogens is 378 g/mol. The van der Waals surface area contributed by atoms with Crippen molar-refractivity contribution in [1.29, 1.82) is 0 Å². The van der Waals surface area contributed by atoms with Crippen molar-refractivity contribution in [2.24, 2.45) is 5.73 Å². The molecule has 1 atom stereocenters. The van der Waals surface area contributed by atoms with Gasteiger partial charge >= 0.3 is 12.1 Å². The summed E-state index contributed by atoms with van der Waals surface area (Å²) in [6, 6.07) is 11.9. The Hall–Kier alpha value is -3.43. The van der Waals surface area contributed by atoms with Crippen molar-refractivity contribution in [1.82, 2.24) is 0 Å². The molecule has 9 nitrogen and oxygen atoms in total. The monoisotopic (exact) mass is 401 g/mol. The molecule has 0 heterocycles. The summed E-state index contributed by atoms with van der Waals surface area (Å²) in [5, 5.41) is 14.1. The number of carbonyl (C=O) groups excluding carboxylic acids is 2. The van der Waals surface area contributed by atoms with Gasteiger partial charge in [0, 0.05) is 18.5 Å². The third kappa shape index (κ3) is 7.24. The average Bonchev–Trinajstić information content (AvgIpc) is 2.70. The first-order valence-electron chi connectivity index (χ1n) is 8.80. The quantitative estimate of drug-likeness (QED) is 0.472. The molecule has 0 aliphatic heterocycles. The van der Waals surface area contributed by atoms with Gasteiger partial charge in [0.1, 0.15) is 6.61 Å². The summed E-state index contributed by atoms with van der Waals surface area (Å²) in [7, 11) is 1.51. The number of aromatic carboxylic acids is 1. The van der Waals surface area contributed by atoms with Crippen LogP contribution in [0.25, 0.3) is 0 Å². The molecule has 2 aromatic rings. The molecule has 9 heteroatoms. The van der Waals surface area contributed by atoms with Crippen LogP contribution < -0.4 is 16.4 Å². The molecule has 0 fully saturated rings. The fourth-order valence-corrected chi connectivity index (χ4v) is 2.37. The number of benzene rings is 2. The number of amides is 2. The second-order valence-electron chi connectivity index (χ2n) is 6.13. The summed E-state index contributed by atoms with van der Waals surface area (Å²) in [6.07, 6.45) is -0.294. The highest BCUT2D eigenvalue weighted by Crippen LogP contribution is 2.13. The fraction of sp³-hybridized carbons (Fsp3) is 0.250. The van der Waals surface area contributed by atoms with Gasteiger partial charge in [-0.15, -0.1) is 0 Å². The first kappa shape index (κ1) is 21.9. The highest BCUT2D eigenvalue weighted by molar-refractivity contribution is 5.95. The van der Waals surface area contributed by atoms with Crippen LogP contribution in [0.4, 0.5) is 16.2 Å². The molecule has 0 aliphatic carbocycles. The van der Waals surface area contributed by atoms with Crippen LogP contribution in [0.5, 0.6) is 0 Å². The Bertz CT molecular complexity index is 836. The van der Waals surface area contributed by atoms with Crippen molar-refractivity contribution in [3.63, 3.8) is 0 Å². The molecule has 0 bridgehead atoms. The van der Waals surface area contributed by atoms with Gasteiger partial charge in [-0.25, -0.2) is 9.59 Å². The topological polar surface area (TPSA) is 140 Å². The van der Waals surface area contributed by atoms with Crippen molar-refractivity contribution in [2.45, 2.75) is 12.5 Å². The minimum Gasteiger partial charge on any atom is -0.478 e. The lowest BCUT2D eigenvalue weighted by Gasteiger charge is -2.13. The molecule has 2 aromatic carbocycles. The zero-order chi connectivity index (χ0) is 21.2. The Morgan fingerprint density at radius 3 is 2.14 bits per heavy atom. The number of nitrogens with two attached hydrogens (primary N) is 1. The predicted octanol–water partition coefficient (Wildman–Crippen LogP) is 2.09. The predicted molar refractivity (Wildman–Crippen MR) is 107 cm³/mol. The van der Waals surface area contributed by atoms with E-state index in [1.807, 2.05) is 0 Å². The van der Waals surface area contributed by atoms with Gasteiger partial charge in [-0.1, -0.05) is 12.1 Å². The van der Waals surface area contributed by atoms with Gasteiger partial charge in [-0.3, -0.25) is 10.1 Å². The molecule has 0 radical (unpaired) electrons. The zero-order valence-corrected chi connectivity index (χ0v) is 15.9. The molecule has 5 N–H and O–H groups in total. The number of hydrogen-bond donors (Lipinski definition) is 4. The van der Waals surface area contributed by atoms with E-state index in [2.05, 4.69) is 10.6 Å². The van der Waals surface area contributed by atoms with Gasteiger partial charge in [0.2, 0.25) is 5.91 Å². The summed E-state index contributed by atoms with van der Waals surface area (Å²) in [5.74, 6) is -1.43. The molecule has 29 heavy (non-hydrogen) atoms.